The van der Waals surface area contributed by atoms with E-state index in [2.05, 4.69) is 0 Å². The lowest BCUT2D eigenvalue weighted by Gasteiger charge is -2.10. The Balaban J connectivity index is 1.86. The van der Waals surface area contributed by atoms with Gasteiger partial charge in [0.2, 0.25) is 0 Å². The molecule has 1 aromatic carbocycles. The molecule has 0 unspecified atom stereocenters. The maximum absolute atomic E-state index is 11.9. The van der Waals surface area contributed by atoms with Crippen molar-refractivity contribution in [3.63, 3.8) is 0 Å². The SMILES string of the molecule is O=C(COc1ccc2c(c1)CCC2=O)NCC(F)(F)F. The molecule has 0 saturated carbocycles. The largest absolute Gasteiger partial charge is 0.484 e. The van der Waals surface area contributed by atoms with Crippen LogP contribution in [-0.4, -0.2) is 31.0 Å². The fourth-order valence-electron chi connectivity index (χ4n) is 1.92. The predicted molar refractivity (Wildman–Crippen MR) is 63.7 cm³/mol. The zero-order chi connectivity index (χ0) is 14.8. The van der Waals surface area contributed by atoms with Crippen molar-refractivity contribution in [2.45, 2.75) is 19.0 Å². The molecule has 4 nitrogen and oxygen atoms in total. The van der Waals surface area contributed by atoms with Crippen LogP contribution in [0.5, 0.6) is 5.75 Å². The summed E-state index contributed by atoms with van der Waals surface area (Å²) < 4.78 is 40.7. The van der Waals surface area contributed by atoms with Crippen molar-refractivity contribution < 1.29 is 27.5 Å². The first-order valence-corrected chi connectivity index (χ1v) is 5.97. The molecule has 1 aliphatic rings. The Morgan fingerprint density at radius 3 is 2.75 bits per heavy atom. The van der Waals surface area contributed by atoms with Gasteiger partial charge < -0.3 is 10.1 Å². The summed E-state index contributed by atoms with van der Waals surface area (Å²) in [5, 5.41) is 1.71. The molecule has 0 spiro atoms. The number of Topliss-reactive ketones (excluding diaryl/α,β-unsaturated/α-hetero) is 1. The summed E-state index contributed by atoms with van der Waals surface area (Å²) in [5.74, 6) is -0.422. The van der Waals surface area contributed by atoms with E-state index >= 15 is 0 Å². The summed E-state index contributed by atoms with van der Waals surface area (Å²) in [5.41, 5.74) is 1.47. The third-order valence-corrected chi connectivity index (χ3v) is 2.85. The number of rotatable bonds is 4. The van der Waals surface area contributed by atoms with Gasteiger partial charge in [0.05, 0.1) is 0 Å². The van der Waals surface area contributed by atoms with Crippen LogP contribution in [-0.2, 0) is 11.2 Å². The monoisotopic (exact) mass is 287 g/mol. The second-order valence-electron chi connectivity index (χ2n) is 4.42. The molecule has 0 saturated heterocycles. The number of alkyl halides is 3. The maximum atomic E-state index is 11.9. The number of fused-ring (bicyclic) bond motifs is 1. The van der Waals surface area contributed by atoms with Crippen molar-refractivity contribution in [3.8, 4) is 5.75 Å². The smallest absolute Gasteiger partial charge is 0.405 e. The molecule has 0 aromatic heterocycles. The van der Waals surface area contributed by atoms with E-state index in [0.29, 0.717) is 24.2 Å². The molecule has 0 heterocycles. The standard InChI is InChI=1S/C13H12F3NO3/c14-13(15,16)7-17-12(19)6-20-9-2-3-10-8(5-9)1-4-11(10)18/h2-3,5H,1,4,6-7H2,(H,17,19). The normalized spacial score (nSPS) is 14.1. The van der Waals surface area contributed by atoms with E-state index in [1.54, 1.807) is 17.4 Å². The van der Waals surface area contributed by atoms with E-state index < -0.39 is 25.2 Å². The van der Waals surface area contributed by atoms with Crippen LogP contribution in [0.1, 0.15) is 22.3 Å². The summed E-state index contributed by atoms with van der Waals surface area (Å²) >= 11 is 0. The number of aryl methyl sites for hydroxylation is 1. The number of hydrogen-bond donors (Lipinski definition) is 1. The Morgan fingerprint density at radius 1 is 1.30 bits per heavy atom. The highest BCUT2D eigenvalue weighted by atomic mass is 19.4. The number of ether oxygens (including phenoxy) is 1. The minimum absolute atomic E-state index is 0.0643. The lowest BCUT2D eigenvalue weighted by atomic mass is 10.1. The zero-order valence-corrected chi connectivity index (χ0v) is 10.4. The van der Waals surface area contributed by atoms with Gasteiger partial charge in [-0.25, -0.2) is 0 Å². The lowest BCUT2D eigenvalue weighted by molar-refractivity contribution is -0.139. The van der Waals surface area contributed by atoms with Gasteiger partial charge >= 0.3 is 6.18 Å². The highest BCUT2D eigenvalue weighted by Gasteiger charge is 2.27. The Bertz CT molecular complexity index is 540. The van der Waals surface area contributed by atoms with Gasteiger partial charge in [-0.15, -0.1) is 0 Å². The zero-order valence-electron chi connectivity index (χ0n) is 10.4. The van der Waals surface area contributed by atoms with Crippen molar-refractivity contribution in [1.82, 2.24) is 5.32 Å². The third-order valence-electron chi connectivity index (χ3n) is 2.85. The van der Waals surface area contributed by atoms with Crippen LogP contribution in [0, 0.1) is 0 Å². The Hall–Kier alpha value is -2.05. The fraction of sp³-hybridized carbons (Fsp3) is 0.385. The molecule has 2 rings (SSSR count). The number of benzene rings is 1. The van der Waals surface area contributed by atoms with Crippen molar-refractivity contribution in [2.24, 2.45) is 0 Å². The Morgan fingerprint density at radius 2 is 2.05 bits per heavy atom. The van der Waals surface area contributed by atoms with Gasteiger partial charge in [-0.3, -0.25) is 9.59 Å². The van der Waals surface area contributed by atoms with Crippen molar-refractivity contribution in [3.05, 3.63) is 29.3 Å². The average molecular weight is 287 g/mol. The second-order valence-corrected chi connectivity index (χ2v) is 4.42. The molecule has 1 aliphatic carbocycles. The first-order valence-electron chi connectivity index (χ1n) is 5.97. The molecule has 0 bridgehead atoms. The number of halogens is 3. The summed E-state index contributed by atoms with van der Waals surface area (Å²) in [6, 6.07) is 4.77. The molecule has 1 amide bonds. The van der Waals surface area contributed by atoms with E-state index in [0.717, 1.165) is 5.56 Å². The minimum atomic E-state index is -4.44. The van der Waals surface area contributed by atoms with Crippen LogP contribution in [0.15, 0.2) is 18.2 Å². The summed E-state index contributed by atoms with van der Waals surface area (Å²) in [6.07, 6.45) is -3.37. The first kappa shape index (κ1) is 14.4. The summed E-state index contributed by atoms with van der Waals surface area (Å²) in [7, 11) is 0. The van der Waals surface area contributed by atoms with Gasteiger partial charge in [-0.2, -0.15) is 13.2 Å². The molecular formula is C13H12F3NO3. The summed E-state index contributed by atoms with van der Waals surface area (Å²) in [6.45, 7) is -1.88. The molecule has 20 heavy (non-hydrogen) atoms. The van der Waals surface area contributed by atoms with Gasteiger partial charge in [0.15, 0.2) is 12.4 Å². The Kier molecular flexibility index (Phi) is 3.96. The van der Waals surface area contributed by atoms with Gasteiger partial charge in [0.1, 0.15) is 12.3 Å². The van der Waals surface area contributed by atoms with Gasteiger partial charge in [-0.1, -0.05) is 0 Å². The first-order chi connectivity index (χ1) is 9.35. The third kappa shape index (κ3) is 3.72. The molecule has 7 heteroatoms. The number of amides is 1. The number of ketones is 1. The minimum Gasteiger partial charge on any atom is -0.484 e. The van der Waals surface area contributed by atoms with E-state index in [9.17, 15) is 22.8 Å². The van der Waals surface area contributed by atoms with E-state index in [1.807, 2.05) is 0 Å². The topological polar surface area (TPSA) is 55.4 Å². The van der Waals surface area contributed by atoms with Crippen molar-refractivity contribution >= 4 is 11.7 Å². The predicted octanol–water partition coefficient (Wildman–Crippen LogP) is 1.87. The average Bonchev–Trinajstić information content (AvgIpc) is 2.74. The van der Waals surface area contributed by atoms with E-state index in [-0.39, 0.29) is 5.78 Å². The number of carbonyl (C=O) groups is 2. The molecule has 0 radical (unpaired) electrons. The van der Waals surface area contributed by atoms with E-state index in [1.165, 1.54) is 6.07 Å². The van der Waals surface area contributed by atoms with Crippen LogP contribution >= 0.6 is 0 Å². The van der Waals surface area contributed by atoms with Crippen LogP contribution in [0.4, 0.5) is 13.2 Å². The van der Waals surface area contributed by atoms with Crippen LogP contribution in [0.2, 0.25) is 0 Å². The van der Waals surface area contributed by atoms with E-state index in [4.69, 9.17) is 4.74 Å². The molecule has 1 N–H and O–H groups in total. The molecule has 0 atom stereocenters. The molecule has 0 aliphatic heterocycles. The van der Waals surface area contributed by atoms with Crippen LogP contribution in [0.3, 0.4) is 0 Å². The molecular weight excluding hydrogens is 275 g/mol. The number of hydrogen-bond acceptors (Lipinski definition) is 3. The van der Waals surface area contributed by atoms with Gasteiger partial charge in [0, 0.05) is 12.0 Å². The summed E-state index contributed by atoms with van der Waals surface area (Å²) in [4.78, 5) is 22.6. The highest BCUT2D eigenvalue weighted by Crippen LogP contribution is 2.26. The van der Waals surface area contributed by atoms with Gasteiger partial charge in [0.25, 0.3) is 5.91 Å². The number of carbonyl (C=O) groups excluding carboxylic acids is 2. The molecule has 108 valence electrons. The van der Waals surface area contributed by atoms with Crippen molar-refractivity contribution in [1.29, 1.82) is 0 Å². The second kappa shape index (κ2) is 5.52. The molecule has 0 fully saturated rings. The highest BCUT2D eigenvalue weighted by molar-refractivity contribution is 6.00. The van der Waals surface area contributed by atoms with Crippen LogP contribution < -0.4 is 10.1 Å². The van der Waals surface area contributed by atoms with Crippen molar-refractivity contribution in [2.75, 3.05) is 13.2 Å². The Labute approximate surface area is 112 Å². The molecule has 1 aromatic rings. The fourth-order valence-corrected chi connectivity index (χ4v) is 1.92. The van der Waals surface area contributed by atoms with Crippen LogP contribution in [0.25, 0.3) is 0 Å². The quantitative estimate of drug-likeness (QED) is 0.919. The number of nitrogens with one attached hydrogen (secondary N) is 1. The maximum Gasteiger partial charge on any atom is 0.405 e. The van der Waals surface area contributed by atoms with Gasteiger partial charge in [-0.05, 0) is 30.2 Å². The lowest BCUT2D eigenvalue weighted by Crippen LogP contribution is -2.36.